The van der Waals surface area contributed by atoms with E-state index in [1.54, 1.807) is 11.1 Å². The Morgan fingerprint density at radius 1 is 1.07 bits per heavy atom. The summed E-state index contributed by atoms with van der Waals surface area (Å²) in [7, 11) is 0. The Morgan fingerprint density at radius 2 is 1.86 bits per heavy atom. The Morgan fingerprint density at radius 3 is 2.61 bits per heavy atom. The van der Waals surface area contributed by atoms with Gasteiger partial charge in [0.05, 0.1) is 17.1 Å². The van der Waals surface area contributed by atoms with Crippen LogP contribution in [0.2, 0.25) is 0 Å². The Balaban J connectivity index is 1.35. The molecule has 2 aliphatic rings. The SMILES string of the molecule is CC(C)(C)OC(=O)N1CCN(Cc2ccc3c(c2)Nc2cccnc2N3)CC1. The van der Waals surface area contributed by atoms with Crippen molar-refractivity contribution in [1.29, 1.82) is 0 Å². The molecular formula is C21H27N5O2. The molecule has 7 heteroatoms. The van der Waals surface area contributed by atoms with Gasteiger partial charge in [-0.2, -0.15) is 0 Å². The molecule has 0 saturated carbocycles. The second-order valence-corrected chi connectivity index (χ2v) is 8.27. The molecule has 1 aromatic carbocycles. The van der Waals surface area contributed by atoms with Crippen LogP contribution in [0.15, 0.2) is 36.5 Å². The molecule has 0 unspecified atom stereocenters. The fraction of sp³-hybridized carbons (Fsp3) is 0.429. The Kier molecular flexibility index (Phi) is 4.85. The van der Waals surface area contributed by atoms with Crippen molar-refractivity contribution in [1.82, 2.24) is 14.8 Å². The monoisotopic (exact) mass is 381 g/mol. The third-order valence-electron chi connectivity index (χ3n) is 4.84. The van der Waals surface area contributed by atoms with Gasteiger partial charge in [0.25, 0.3) is 0 Å². The maximum absolute atomic E-state index is 12.2. The molecule has 28 heavy (non-hydrogen) atoms. The van der Waals surface area contributed by atoms with Crippen LogP contribution in [0.5, 0.6) is 0 Å². The average Bonchev–Trinajstić information content (AvgIpc) is 2.65. The number of nitrogens with zero attached hydrogens (tertiary/aromatic N) is 3. The van der Waals surface area contributed by atoms with Crippen LogP contribution in [0.3, 0.4) is 0 Å². The van der Waals surface area contributed by atoms with Crippen molar-refractivity contribution in [2.24, 2.45) is 0 Å². The maximum atomic E-state index is 12.2. The molecule has 1 amide bonds. The van der Waals surface area contributed by atoms with E-state index >= 15 is 0 Å². The molecule has 148 valence electrons. The number of piperazine rings is 1. The normalized spacial score (nSPS) is 16.5. The van der Waals surface area contributed by atoms with Gasteiger partial charge in [0.2, 0.25) is 0 Å². The van der Waals surface area contributed by atoms with Crippen LogP contribution in [0.1, 0.15) is 26.3 Å². The van der Waals surface area contributed by atoms with E-state index in [0.29, 0.717) is 13.1 Å². The molecule has 0 bridgehead atoms. The van der Waals surface area contributed by atoms with E-state index in [-0.39, 0.29) is 6.09 Å². The summed E-state index contributed by atoms with van der Waals surface area (Å²) < 4.78 is 5.47. The van der Waals surface area contributed by atoms with Gasteiger partial charge < -0.3 is 20.3 Å². The van der Waals surface area contributed by atoms with Gasteiger partial charge in [-0.15, -0.1) is 0 Å². The second kappa shape index (κ2) is 7.31. The number of fused-ring (bicyclic) bond motifs is 2. The largest absolute Gasteiger partial charge is 0.444 e. The number of amides is 1. The summed E-state index contributed by atoms with van der Waals surface area (Å²) in [5.74, 6) is 0.848. The third kappa shape index (κ3) is 4.20. The van der Waals surface area contributed by atoms with Crippen molar-refractivity contribution in [2.75, 3.05) is 36.8 Å². The van der Waals surface area contributed by atoms with Gasteiger partial charge in [0.15, 0.2) is 5.82 Å². The number of hydrogen-bond acceptors (Lipinski definition) is 6. The van der Waals surface area contributed by atoms with E-state index < -0.39 is 5.60 Å². The lowest BCUT2D eigenvalue weighted by molar-refractivity contribution is 0.0139. The number of ether oxygens (including phenoxy) is 1. The molecule has 0 spiro atoms. The molecule has 1 fully saturated rings. The fourth-order valence-corrected chi connectivity index (χ4v) is 3.45. The number of aromatic nitrogens is 1. The molecule has 2 aromatic rings. The minimum absolute atomic E-state index is 0.219. The van der Waals surface area contributed by atoms with E-state index in [2.05, 4.69) is 38.7 Å². The number of nitrogens with one attached hydrogen (secondary N) is 2. The van der Waals surface area contributed by atoms with Crippen molar-refractivity contribution < 1.29 is 9.53 Å². The Labute approximate surface area is 165 Å². The maximum Gasteiger partial charge on any atom is 0.410 e. The molecule has 3 heterocycles. The van der Waals surface area contributed by atoms with Crippen LogP contribution in [0, 0.1) is 0 Å². The summed E-state index contributed by atoms with van der Waals surface area (Å²) in [5.41, 5.74) is 3.87. The third-order valence-corrected chi connectivity index (χ3v) is 4.84. The molecule has 7 nitrogen and oxygen atoms in total. The van der Waals surface area contributed by atoms with Crippen LogP contribution in [-0.4, -0.2) is 52.7 Å². The summed E-state index contributed by atoms with van der Waals surface area (Å²) in [5, 5.41) is 6.81. The first-order chi connectivity index (χ1) is 13.4. The molecule has 2 aliphatic heterocycles. The predicted octanol–water partition coefficient (Wildman–Crippen LogP) is 3.93. The molecule has 0 radical (unpaired) electrons. The van der Waals surface area contributed by atoms with Gasteiger partial charge in [-0.1, -0.05) is 6.07 Å². The Bertz CT molecular complexity index is 869. The standard InChI is InChI=1S/C21H27N5O2/c1-21(2,3)28-20(27)26-11-9-25(10-12-26)14-15-6-7-16-18(13-15)23-17-5-4-8-22-19(17)24-16/h4-8,13,23H,9-12,14H2,1-3H3,(H,22,24). The lowest BCUT2D eigenvalue weighted by Gasteiger charge is -2.35. The molecule has 2 N–H and O–H groups in total. The summed E-state index contributed by atoms with van der Waals surface area (Å²) in [6.45, 7) is 9.62. The van der Waals surface area contributed by atoms with Gasteiger partial charge in [-0.25, -0.2) is 9.78 Å². The number of hydrogen-bond donors (Lipinski definition) is 2. The van der Waals surface area contributed by atoms with Crippen molar-refractivity contribution in [3.8, 4) is 0 Å². The van der Waals surface area contributed by atoms with Crippen LogP contribution in [0.4, 0.5) is 27.7 Å². The Hall–Kier alpha value is -2.80. The van der Waals surface area contributed by atoms with Crippen LogP contribution < -0.4 is 10.6 Å². The molecule has 0 aliphatic carbocycles. The van der Waals surface area contributed by atoms with Gasteiger partial charge in [-0.3, -0.25) is 4.90 Å². The molecule has 4 rings (SSSR count). The number of benzene rings is 1. The summed E-state index contributed by atoms with van der Waals surface area (Å²) in [6, 6.07) is 10.3. The van der Waals surface area contributed by atoms with Crippen LogP contribution >= 0.6 is 0 Å². The van der Waals surface area contributed by atoms with Crippen molar-refractivity contribution in [3.63, 3.8) is 0 Å². The topological polar surface area (TPSA) is 69.7 Å². The van der Waals surface area contributed by atoms with Crippen LogP contribution in [0.25, 0.3) is 0 Å². The first kappa shape index (κ1) is 18.6. The van der Waals surface area contributed by atoms with E-state index in [9.17, 15) is 4.79 Å². The number of anilines is 4. The zero-order chi connectivity index (χ0) is 19.7. The van der Waals surface area contributed by atoms with Gasteiger partial charge in [0, 0.05) is 38.9 Å². The van der Waals surface area contributed by atoms with Gasteiger partial charge >= 0.3 is 6.09 Å². The highest BCUT2D eigenvalue weighted by atomic mass is 16.6. The average molecular weight is 381 g/mol. The zero-order valence-corrected chi connectivity index (χ0v) is 16.7. The smallest absolute Gasteiger partial charge is 0.410 e. The number of carbonyl (C=O) groups is 1. The van der Waals surface area contributed by atoms with E-state index in [0.717, 1.165) is 42.5 Å². The second-order valence-electron chi connectivity index (χ2n) is 8.27. The number of carbonyl (C=O) groups excluding carboxylic acids is 1. The minimum Gasteiger partial charge on any atom is -0.444 e. The fourth-order valence-electron chi connectivity index (χ4n) is 3.45. The predicted molar refractivity (Wildman–Crippen MR) is 110 cm³/mol. The quantitative estimate of drug-likeness (QED) is 0.701. The van der Waals surface area contributed by atoms with Gasteiger partial charge in [-0.05, 0) is 50.6 Å². The highest BCUT2D eigenvalue weighted by Crippen LogP contribution is 2.37. The zero-order valence-electron chi connectivity index (χ0n) is 16.7. The van der Waals surface area contributed by atoms with Crippen molar-refractivity contribution in [3.05, 3.63) is 42.1 Å². The molecule has 1 saturated heterocycles. The number of rotatable bonds is 2. The van der Waals surface area contributed by atoms with E-state index in [4.69, 9.17) is 4.74 Å². The van der Waals surface area contributed by atoms with E-state index in [1.807, 2.05) is 32.9 Å². The highest BCUT2D eigenvalue weighted by molar-refractivity contribution is 5.88. The molecular weight excluding hydrogens is 354 g/mol. The summed E-state index contributed by atoms with van der Waals surface area (Å²) >= 11 is 0. The first-order valence-electron chi connectivity index (χ1n) is 9.70. The first-order valence-corrected chi connectivity index (χ1v) is 9.70. The van der Waals surface area contributed by atoms with Crippen LogP contribution in [-0.2, 0) is 11.3 Å². The van der Waals surface area contributed by atoms with Crippen molar-refractivity contribution >= 4 is 29.0 Å². The molecule has 1 aromatic heterocycles. The highest BCUT2D eigenvalue weighted by Gasteiger charge is 2.26. The summed E-state index contributed by atoms with van der Waals surface area (Å²) in [4.78, 5) is 20.7. The minimum atomic E-state index is -0.452. The van der Waals surface area contributed by atoms with Crippen molar-refractivity contribution in [2.45, 2.75) is 32.9 Å². The van der Waals surface area contributed by atoms with Gasteiger partial charge in [0.1, 0.15) is 5.60 Å². The molecule has 0 atom stereocenters. The lowest BCUT2D eigenvalue weighted by atomic mass is 10.1. The summed E-state index contributed by atoms with van der Waals surface area (Å²) in [6.07, 6.45) is 1.56. The lowest BCUT2D eigenvalue weighted by Crippen LogP contribution is -2.49. The number of pyridine rings is 1. The van der Waals surface area contributed by atoms with E-state index in [1.165, 1.54) is 5.56 Å².